The summed E-state index contributed by atoms with van der Waals surface area (Å²) in [7, 11) is 0. The summed E-state index contributed by atoms with van der Waals surface area (Å²) in [4.78, 5) is 37.9. The number of likely N-dealkylation sites (tertiary alicyclic amines) is 1. The second-order valence-electron chi connectivity index (χ2n) is 6.11. The van der Waals surface area contributed by atoms with Crippen molar-refractivity contribution in [1.29, 1.82) is 0 Å². The quantitative estimate of drug-likeness (QED) is 0.597. The number of allylic oxidation sites excluding steroid dienone is 2. The summed E-state index contributed by atoms with van der Waals surface area (Å²) in [6.45, 7) is 2.00. The maximum atomic E-state index is 12.6. The number of hydrogen-bond donors (Lipinski definition) is 1. The van der Waals surface area contributed by atoms with Crippen molar-refractivity contribution >= 4 is 17.7 Å². The van der Waals surface area contributed by atoms with Crippen LogP contribution in [0.1, 0.15) is 32.6 Å². The summed E-state index contributed by atoms with van der Waals surface area (Å²) >= 11 is 0. The molecule has 3 amide bonds. The molecular weight excluding hydrogens is 256 g/mol. The second-order valence-corrected chi connectivity index (χ2v) is 6.11. The number of imide groups is 1. The molecule has 3 aliphatic rings. The minimum atomic E-state index is -0.764. The molecule has 2 N–H and O–H groups in total. The third-order valence-electron chi connectivity index (χ3n) is 4.98. The molecule has 2 aliphatic carbocycles. The van der Waals surface area contributed by atoms with Crippen LogP contribution in [0.3, 0.4) is 0 Å². The number of rotatable bonds is 5. The molecule has 0 radical (unpaired) electrons. The highest BCUT2D eigenvalue weighted by atomic mass is 16.2. The first kappa shape index (κ1) is 13.3. The molecule has 5 atom stereocenters. The van der Waals surface area contributed by atoms with Gasteiger partial charge in [-0.25, -0.2) is 0 Å². The van der Waals surface area contributed by atoms with Crippen LogP contribution in [0, 0.1) is 23.7 Å². The molecule has 20 heavy (non-hydrogen) atoms. The number of nitrogens with two attached hydrogens (primary N) is 1. The summed E-state index contributed by atoms with van der Waals surface area (Å²) in [5.74, 6) is -1.09. The second kappa shape index (κ2) is 4.72. The van der Waals surface area contributed by atoms with Crippen LogP contribution in [0.25, 0.3) is 0 Å². The largest absolute Gasteiger partial charge is 0.368 e. The summed E-state index contributed by atoms with van der Waals surface area (Å²) in [6.07, 6.45) is 7.16. The van der Waals surface area contributed by atoms with E-state index in [9.17, 15) is 14.4 Å². The molecule has 1 heterocycles. The molecule has 5 nitrogen and oxygen atoms in total. The Hall–Kier alpha value is -1.65. The fourth-order valence-corrected chi connectivity index (χ4v) is 4.03. The molecule has 5 unspecified atom stereocenters. The van der Waals surface area contributed by atoms with E-state index in [1.165, 1.54) is 4.90 Å². The number of unbranched alkanes of at least 4 members (excludes halogenated alkanes) is 1. The van der Waals surface area contributed by atoms with E-state index in [0.717, 1.165) is 19.3 Å². The molecule has 1 saturated carbocycles. The lowest BCUT2D eigenvalue weighted by molar-refractivity contribution is -0.148. The van der Waals surface area contributed by atoms with Crippen LogP contribution in [-0.4, -0.2) is 28.7 Å². The van der Waals surface area contributed by atoms with Crippen LogP contribution in [-0.2, 0) is 14.4 Å². The maximum Gasteiger partial charge on any atom is 0.240 e. The van der Waals surface area contributed by atoms with Crippen molar-refractivity contribution in [1.82, 2.24) is 4.90 Å². The van der Waals surface area contributed by atoms with E-state index in [-0.39, 0.29) is 35.5 Å². The summed E-state index contributed by atoms with van der Waals surface area (Å²) in [6, 6.07) is -0.764. The number of nitrogens with zero attached hydrogens (tertiary/aromatic N) is 1. The molecule has 5 heteroatoms. The number of carbonyl (C=O) groups is 3. The lowest BCUT2D eigenvalue weighted by atomic mass is 9.85. The SMILES string of the molecule is CCCCC(C(N)=O)N1C(=O)C2C3C=CC(C3)C2C1=O. The van der Waals surface area contributed by atoms with Crippen molar-refractivity contribution in [3.63, 3.8) is 0 Å². The van der Waals surface area contributed by atoms with Gasteiger partial charge in [0, 0.05) is 0 Å². The molecule has 0 aromatic carbocycles. The van der Waals surface area contributed by atoms with Gasteiger partial charge in [0.1, 0.15) is 6.04 Å². The fourth-order valence-electron chi connectivity index (χ4n) is 4.03. The van der Waals surface area contributed by atoms with Gasteiger partial charge in [-0.3, -0.25) is 19.3 Å². The van der Waals surface area contributed by atoms with Crippen LogP contribution >= 0.6 is 0 Å². The lowest BCUT2D eigenvalue weighted by Gasteiger charge is -2.25. The number of hydrogen-bond acceptors (Lipinski definition) is 3. The standard InChI is InChI=1S/C15H20N2O3/c1-2-3-4-10(13(16)18)17-14(19)11-8-5-6-9(7-8)12(11)15(17)20/h5-6,8-12H,2-4,7H2,1H3,(H2,16,18). The summed E-state index contributed by atoms with van der Waals surface area (Å²) in [5, 5.41) is 0. The predicted octanol–water partition coefficient (Wildman–Crippen LogP) is 0.838. The van der Waals surface area contributed by atoms with Crippen LogP contribution in [0.5, 0.6) is 0 Å². The molecule has 3 rings (SSSR count). The van der Waals surface area contributed by atoms with E-state index >= 15 is 0 Å². The Kier molecular flexibility index (Phi) is 3.15. The average Bonchev–Trinajstić information content (AvgIpc) is 3.07. The Balaban J connectivity index is 1.86. The highest BCUT2D eigenvalue weighted by Crippen LogP contribution is 2.52. The number of primary amides is 1. The molecule has 2 fully saturated rings. The summed E-state index contributed by atoms with van der Waals surface area (Å²) < 4.78 is 0. The van der Waals surface area contributed by atoms with Gasteiger partial charge in [0.25, 0.3) is 0 Å². The first-order valence-corrected chi connectivity index (χ1v) is 7.40. The van der Waals surface area contributed by atoms with E-state index in [2.05, 4.69) is 0 Å². The van der Waals surface area contributed by atoms with E-state index in [4.69, 9.17) is 5.73 Å². The van der Waals surface area contributed by atoms with E-state index in [1.807, 2.05) is 19.1 Å². The van der Waals surface area contributed by atoms with Gasteiger partial charge in [-0.1, -0.05) is 31.9 Å². The van der Waals surface area contributed by atoms with Crippen LogP contribution in [0.4, 0.5) is 0 Å². The number of fused-ring (bicyclic) bond motifs is 5. The molecule has 0 spiro atoms. The van der Waals surface area contributed by atoms with Crippen molar-refractivity contribution in [3.8, 4) is 0 Å². The molecule has 1 aliphatic heterocycles. The highest BCUT2D eigenvalue weighted by molar-refractivity contribution is 6.09. The molecular formula is C15H20N2O3. The number of amides is 3. The van der Waals surface area contributed by atoms with Gasteiger partial charge in [0.05, 0.1) is 11.8 Å². The normalized spacial score (nSPS) is 35.8. The van der Waals surface area contributed by atoms with E-state index in [0.29, 0.717) is 6.42 Å². The third kappa shape index (κ3) is 1.72. The maximum absolute atomic E-state index is 12.6. The van der Waals surface area contributed by atoms with Gasteiger partial charge in [-0.2, -0.15) is 0 Å². The monoisotopic (exact) mass is 276 g/mol. The summed E-state index contributed by atoms with van der Waals surface area (Å²) in [5.41, 5.74) is 5.42. The highest BCUT2D eigenvalue weighted by Gasteiger charge is 2.60. The van der Waals surface area contributed by atoms with Crippen LogP contribution < -0.4 is 5.73 Å². The van der Waals surface area contributed by atoms with Crippen molar-refractivity contribution in [2.45, 2.75) is 38.6 Å². The Labute approximate surface area is 118 Å². The Bertz CT molecular complexity index is 469. The molecule has 0 aromatic rings. The zero-order valence-electron chi connectivity index (χ0n) is 11.6. The van der Waals surface area contributed by atoms with E-state index in [1.54, 1.807) is 0 Å². The van der Waals surface area contributed by atoms with Gasteiger partial charge in [-0.15, -0.1) is 0 Å². The smallest absolute Gasteiger partial charge is 0.240 e. The van der Waals surface area contributed by atoms with Gasteiger partial charge < -0.3 is 5.73 Å². The Morgan fingerprint density at radius 3 is 2.30 bits per heavy atom. The minimum Gasteiger partial charge on any atom is -0.368 e. The van der Waals surface area contributed by atoms with Gasteiger partial charge >= 0.3 is 0 Å². The van der Waals surface area contributed by atoms with Crippen LogP contribution in [0.15, 0.2) is 12.2 Å². The topological polar surface area (TPSA) is 80.5 Å². The van der Waals surface area contributed by atoms with Gasteiger partial charge in [0.15, 0.2) is 0 Å². The Morgan fingerprint density at radius 2 is 1.85 bits per heavy atom. The predicted molar refractivity (Wildman–Crippen MR) is 72.1 cm³/mol. The molecule has 0 aromatic heterocycles. The number of carbonyl (C=O) groups excluding carboxylic acids is 3. The van der Waals surface area contributed by atoms with Crippen molar-refractivity contribution in [3.05, 3.63) is 12.2 Å². The average molecular weight is 276 g/mol. The zero-order valence-corrected chi connectivity index (χ0v) is 11.6. The fraction of sp³-hybridized carbons (Fsp3) is 0.667. The van der Waals surface area contributed by atoms with Crippen molar-refractivity contribution in [2.75, 3.05) is 0 Å². The van der Waals surface area contributed by atoms with Gasteiger partial charge in [0.2, 0.25) is 17.7 Å². The molecule has 2 bridgehead atoms. The third-order valence-corrected chi connectivity index (χ3v) is 4.98. The van der Waals surface area contributed by atoms with E-state index < -0.39 is 11.9 Å². The first-order valence-electron chi connectivity index (χ1n) is 7.40. The first-order chi connectivity index (χ1) is 9.56. The minimum absolute atomic E-state index is 0.172. The van der Waals surface area contributed by atoms with Crippen molar-refractivity contribution < 1.29 is 14.4 Å². The molecule has 108 valence electrons. The molecule has 1 saturated heterocycles. The Morgan fingerprint density at radius 1 is 1.30 bits per heavy atom. The van der Waals surface area contributed by atoms with Gasteiger partial charge in [-0.05, 0) is 24.7 Å². The van der Waals surface area contributed by atoms with Crippen molar-refractivity contribution in [2.24, 2.45) is 29.4 Å². The lowest BCUT2D eigenvalue weighted by Crippen LogP contribution is -2.49. The van der Waals surface area contributed by atoms with Crippen LogP contribution in [0.2, 0.25) is 0 Å². The zero-order chi connectivity index (χ0) is 14.4.